The molecule has 1 atom stereocenters. The van der Waals surface area contributed by atoms with Crippen LogP contribution in [-0.4, -0.2) is 26.4 Å². The molecule has 2 rings (SSSR count). The van der Waals surface area contributed by atoms with E-state index in [0.29, 0.717) is 5.41 Å². The first kappa shape index (κ1) is 6.35. The van der Waals surface area contributed by atoms with Crippen molar-refractivity contribution in [1.29, 1.82) is 0 Å². The van der Waals surface area contributed by atoms with Gasteiger partial charge >= 0.3 is 0 Å². The Morgan fingerprint density at radius 2 is 2.40 bits per heavy atom. The average Bonchev–Trinajstić information content (AvgIpc) is 2.57. The summed E-state index contributed by atoms with van der Waals surface area (Å²) in [6.07, 6.45) is 4.94. The Hall–Kier alpha value is -0.370. The molecular formula is C8H14N2. The molecule has 0 amide bonds. The summed E-state index contributed by atoms with van der Waals surface area (Å²) in [5.74, 6) is 0.734. The summed E-state index contributed by atoms with van der Waals surface area (Å²) in [6, 6.07) is 0. The summed E-state index contributed by atoms with van der Waals surface area (Å²) in [7, 11) is 1.87. The first-order valence-corrected chi connectivity index (χ1v) is 4.00. The summed E-state index contributed by atoms with van der Waals surface area (Å²) in [4.78, 5) is 4.09. The van der Waals surface area contributed by atoms with Crippen molar-refractivity contribution in [2.24, 2.45) is 16.3 Å². The second-order valence-corrected chi connectivity index (χ2v) is 3.51. The maximum absolute atomic E-state index is 4.09. The van der Waals surface area contributed by atoms with Gasteiger partial charge in [0.05, 0.1) is 0 Å². The predicted octanol–water partition coefficient (Wildman–Crippen LogP) is 0.687. The van der Waals surface area contributed by atoms with Crippen LogP contribution in [0.5, 0.6) is 0 Å². The second kappa shape index (κ2) is 2.06. The lowest BCUT2D eigenvalue weighted by molar-refractivity contribution is 0.506. The molecule has 0 aromatic rings. The van der Waals surface area contributed by atoms with Crippen LogP contribution in [0.3, 0.4) is 0 Å². The minimum Gasteiger partial charge on any atom is -0.315 e. The number of nitrogens with one attached hydrogen (secondary N) is 1. The molecule has 1 saturated heterocycles. The van der Waals surface area contributed by atoms with Gasteiger partial charge in [-0.3, -0.25) is 0 Å². The second-order valence-electron chi connectivity index (χ2n) is 3.51. The highest BCUT2D eigenvalue weighted by Gasteiger charge is 2.51. The highest BCUT2D eigenvalue weighted by atomic mass is 15.0. The Kier molecular flexibility index (Phi) is 1.31. The summed E-state index contributed by atoms with van der Waals surface area (Å²) in [6.45, 7) is 2.38. The van der Waals surface area contributed by atoms with Gasteiger partial charge in [0, 0.05) is 32.3 Å². The van der Waals surface area contributed by atoms with Crippen molar-refractivity contribution in [1.82, 2.24) is 5.32 Å². The Labute approximate surface area is 61.7 Å². The number of hydrogen-bond donors (Lipinski definition) is 1. The van der Waals surface area contributed by atoms with E-state index in [1.54, 1.807) is 0 Å². The third-order valence-electron chi connectivity index (χ3n) is 2.85. The Balaban J connectivity index is 2.07. The molecule has 1 aliphatic heterocycles. The molecule has 0 aromatic heterocycles. The third-order valence-corrected chi connectivity index (χ3v) is 2.85. The number of aliphatic imine (C=N–C) groups is 1. The molecular weight excluding hydrogens is 124 g/mol. The van der Waals surface area contributed by atoms with Crippen LogP contribution in [0.15, 0.2) is 4.99 Å². The highest BCUT2D eigenvalue weighted by molar-refractivity contribution is 5.63. The van der Waals surface area contributed by atoms with Gasteiger partial charge in [0.2, 0.25) is 0 Å². The quantitative estimate of drug-likeness (QED) is 0.530. The van der Waals surface area contributed by atoms with Gasteiger partial charge in [-0.2, -0.15) is 0 Å². The van der Waals surface area contributed by atoms with Crippen LogP contribution < -0.4 is 5.32 Å². The molecule has 2 fully saturated rings. The molecule has 0 aromatic carbocycles. The smallest absolute Gasteiger partial charge is 0.0273 e. The van der Waals surface area contributed by atoms with Crippen molar-refractivity contribution in [2.75, 3.05) is 20.1 Å². The van der Waals surface area contributed by atoms with Gasteiger partial charge in [-0.05, 0) is 18.3 Å². The zero-order valence-electron chi connectivity index (χ0n) is 6.43. The molecule has 1 N–H and O–H groups in total. The molecule has 1 saturated carbocycles. The number of hydrogen-bond acceptors (Lipinski definition) is 2. The van der Waals surface area contributed by atoms with E-state index in [1.165, 1.54) is 19.4 Å². The van der Waals surface area contributed by atoms with Gasteiger partial charge in [0.15, 0.2) is 0 Å². The highest BCUT2D eigenvalue weighted by Crippen LogP contribution is 2.53. The molecule has 2 nitrogen and oxygen atoms in total. The van der Waals surface area contributed by atoms with Crippen LogP contribution in [0.25, 0.3) is 0 Å². The molecule has 1 unspecified atom stereocenters. The lowest BCUT2D eigenvalue weighted by Crippen LogP contribution is -2.14. The van der Waals surface area contributed by atoms with E-state index in [0.717, 1.165) is 12.5 Å². The number of rotatable bonds is 1. The van der Waals surface area contributed by atoms with E-state index in [4.69, 9.17) is 0 Å². The van der Waals surface area contributed by atoms with E-state index in [2.05, 4.69) is 16.5 Å². The fourth-order valence-electron chi connectivity index (χ4n) is 1.92. The van der Waals surface area contributed by atoms with Crippen molar-refractivity contribution < 1.29 is 0 Å². The van der Waals surface area contributed by atoms with Crippen molar-refractivity contribution in [3.8, 4) is 0 Å². The summed E-state index contributed by atoms with van der Waals surface area (Å²) in [5.41, 5.74) is 0.652. The Morgan fingerprint density at radius 3 is 3.00 bits per heavy atom. The largest absolute Gasteiger partial charge is 0.315 e. The zero-order valence-corrected chi connectivity index (χ0v) is 6.43. The van der Waals surface area contributed by atoms with Crippen molar-refractivity contribution in [3.63, 3.8) is 0 Å². The maximum atomic E-state index is 4.09. The van der Waals surface area contributed by atoms with Gasteiger partial charge in [-0.25, -0.2) is 0 Å². The van der Waals surface area contributed by atoms with Crippen LogP contribution in [0.1, 0.15) is 12.8 Å². The van der Waals surface area contributed by atoms with E-state index in [-0.39, 0.29) is 0 Å². The van der Waals surface area contributed by atoms with Crippen molar-refractivity contribution in [3.05, 3.63) is 0 Å². The first-order chi connectivity index (χ1) is 4.87. The lowest BCUT2D eigenvalue weighted by atomic mass is 9.94. The van der Waals surface area contributed by atoms with E-state index >= 15 is 0 Å². The van der Waals surface area contributed by atoms with E-state index < -0.39 is 0 Å². The number of nitrogens with zero attached hydrogens (tertiary/aromatic N) is 1. The fourth-order valence-corrected chi connectivity index (χ4v) is 1.92. The average molecular weight is 138 g/mol. The molecule has 1 heterocycles. The van der Waals surface area contributed by atoms with Crippen LogP contribution in [-0.2, 0) is 0 Å². The zero-order chi connectivity index (χ0) is 7.03. The van der Waals surface area contributed by atoms with E-state index in [9.17, 15) is 0 Å². The Morgan fingerprint density at radius 1 is 1.60 bits per heavy atom. The van der Waals surface area contributed by atoms with Gasteiger partial charge in [-0.1, -0.05) is 0 Å². The van der Waals surface area contributed by atoms with Crippen LogP contribution in [0, 0.1) is 11.3 Å². The predicted molar refractivity (Wildman–Crippen MR) is 42.4 cm³/mol. The standard InChI is InChI=1S/C8H14N2/c1-9-4-7-5-10-6-8(7)2-3-8/h4,7,10H,2-3,5-6H2,1H3/b9-4+. The van der Waals surface area contributed by atoms with Gasteiger partial charge in [-0.15, -0.1) is 0 Å². The van der Waals surface area contributed by atoms with Crippen LogP contribution in [0.4, 0.5) is 0 Å². The summed E-state index contributed by atoms with van der Waals surface area (Å²) < 4.78 is 0. The molecule has 2 heteroatoms. The molecule has 1 aliphatic carbocycles. The minimum absolute atomic E-state index is 0.652. The SMILES string of the molecule is C/N=C/C1CNCC12CC2. The first-order valence-electron chi connectivity index (χ1n) is 4.00. The Bertz CT molecular complexity index is 159. The molecule has 2 aliphatic rings. The molecule has 56 valence electrons. The lowest BCUT2D eigenvalue weighted by Gasteiger charge is -2.09. The summed E-state index contributed by atoms with van der Waals surface area (Å²) >= 11 is 0. The molecule has 1 spiro atoms. The summed E-state index contributed by atoms with van der Waals surface area (Å²) in [5, 5.41) is 3.42. The van der Waals surface area contributed by atoms with Crippen molar-refractivity contribution in [2.45, 2.75) is 12.8 Å². The minimum atomic E-state index is 0.652. The molecule has 0 bridgehead atoms. The van der Waals surface area contributed by atoms with Crippen LogP contribution in [0.2, 0.25) is 0 Å². The monoisotopic (exact) mass is 138 g/mol. The van der Waals surface area contributed by atoms with Crippen LogP contribution >= 0.6 is 0 Å². The van der Waals surface area contributed by atoms with Gasteiger partial charge < -0.3 is 10.3 Å². The van der Waals surface area contributed by atoms with Gasteiger partial charge in [0.1, 0.15) is 0 Å². The normalized spacial score (nSPS) is 35.9. The van der Waals surface area contributed by atoms with Gasteiger partial charge in [0.25, 0.3) is 0 Å². The maximum Gasteiger partial charge on any atom is 0.0273 e. The topological polar surface area (TPSA) is 24.4 Å². The molecule has 10 heavy (non-hydrogen) atoms. The third kappa shape index (κ3) is 0.788. The van der Waals surface area contributed by atoms with E-state index in [1.807, 2.05) is 7.05 Å². The fraction of sp³-hybridized carbons (Fsp3) is 0.875. The van der Waals surface area contributed by atoms with Crippen molar-refractivity contribution >= 4 is 6.21 Å². The molecule has 0 radical (unpaired) electrons.